The van der Waals surface area contributed by atoms with Crippen LogP contribution in [0.1, 0.15) is 17.2 Å². The van der Waals surface area contributed by atoms with Gasteiger partial charge in [0, 0.05) is 5.25 Å². The molecule has 4 heteroatoms. The number of hydrogen-bond acceptors (Lipinski definition) is 4. The molecule has 0 spiro atoms. The van der Waals surface area contributed by atoms with Crippen molar-refractivity contribution in [3.8, 4) is 0 Å². The maximum absolute atomic E-state index is 11.4. The Morgan fingerprint density at radius 3 is 2.75 bits per heavy atom. The molecular weight excluding hydrogens is 222 g/mol. The molecule has 1 aliphatic rings. The van der Waals surface area contributed by atoms with E-state index in [2.05, 4.69) is 0 Å². The molecule has 0 saturated heterocycles. The summed E-state index contributed by atoms with van der Waals surface area (Å²) in [6.45, 7) is 0. The highest BCUT2D eigenvalue weighted by Crippen LogP contribution is 2.45. The van der Waals surface area contributed by atoms with Gasteiger partial charge in [0.25, 0.3) is 0 Å². The average Bonchev–Trinajstić information content (AvgIpc) is 2.71. The predicted molar refractivity (Wildman–Crippen MR) is 64.6 cm³/mol. The van der Waals surface area contributed by atoms with Crippen LogP contribution in [0, 0.1) is 0 Å². The van der Waals surface area contributed by atoms with E-state index >= 15 is 0 Å². The summed E-state index contributed by atoms with van der Waals surface area (Å²) in [6.07, 6.45) is 0.646. The van der Waals surface area contributed by atoms with Crippen LogP contribution in [0.2, 0.25) is 0 Å². The van der Waals surface area contributed by atoms with Crippen molar-refractivity contribution in [3.05, 3.63) is 46.5 Å². The molecule has 0 unspecified atom stereocenters. The first-order valence-electron chi connectivity index (χ1n) is 5.01. The third-order valence-electron chi connectivity index (χ3n) is 2.56. The standard InChI is InChI=1S/C12H13NO2S/c1-15-12(14)9-7-10(16-11(9)13)8-5-3-2-4-6-8/h2-6,10H,7,13H2,1H3/t10-/m0/s1. The maximum atomic E-state index is 11.4. The molecule has 0 bridgehead atoms. The van der Waals surface area contributed by atoms with Gasteiger partial charge in [-0.05, 0) is 12.0 Å². The Morgan fingerprint density at radius 2 is 2.12 bits per heavy atom. The van der Waals surface area contributed by atoms with Crippen molar-refractivity contribution in [2.75, 3.05) is 7.11 Å². The quantitative estimate of drug-likeness (QED) is 0.798. The normalized spacial score (nSPS) is 19.9. The van der Waals surface area contributed by atoms with Crippen LogP contribution < -0.4 is 5.73 Å². The van der Waals surface area contributed by atoms with E-state index in [0.29, 0.717) is 17.0 Å². The lowest BCUT2D eigenvalue weighted by Crippen LogP contribution is -2.07. The molecule has 1 heterocycles. The van der Waals surface area contributed by atoms with Crippen molar-refractivity contribution in [2.24, 2.45) is 5.73 Å². The second-order valence-electron chi connectivity index (χ2n) is 3.56. The van der Waals surface area contributed by atoms with Gasteiger partial charge in [-0.15, -0.1) is 0 Å². The number of rotatable bonds is 2. The molecule has 1 aromatic carbocycles. The molecule has 1 aromatic rings. The van der Waals surface area contributed by atoms with Crippen molar-refractivity contribution in [2.45, 2.75) is 11.7 Å². The zero-order valence-corrected chi connectivity index (χ0v) is 9.79. The molecule has 0 radical (unpaired) electrons. The summed E-state index contributed by atoms with van der Waals surface area (Å²) in [4.78, 5) is 11.4. The van der Waals surface area contributed by atoms with Crippen molar-refractivity contribution in [1.82, 2.24) is 0 Å². The van der Waals surface area contributed by atoms with Gasteiger partial charge in [-0.2, -0.15) is 0 Å². The number of carbonyl (C=O) groups excluding carboxylic acids is 1. The third-order valence-corrected chi connectivity index (χ3v) is 3.78. The van der Waals surface area contributed by atoms with Gasteiger partial charge in [0.05, 0.1) is 17.7 Å². The summed E-state index contributed by atoms with van der Waals surface area (Å²) in [5.74, 6) is -0.316. The van der Waals surface area contributed by atoms with Crippen LogP contribution in [-0.2, 0) is 9.53 Å². The largest absolute Gasteiger partial charge is 0.466 e. The summed E-state index contributed by atoms with van der Waals surface area (Å²) < 4.78 is 4.70. The number of ether oxygens (including phenoxy) is 1. The van der Waals surface area contributed by atoms with E-state index < -0.39 is 0 Å². The molecule has 2 rings (SSSR count). The SMILES string of the molecule is COC(=O)C1=C(N)S[C@H](c2ccccc2)C1. The van der Waals surface area contributed by atoms with Gasteiger partial charge in [-0.1, -0.05) is 42.1 Å². The molecule has 16 heavy (non-hydrogen) atoms. The topological polar surface area (TPSA) is 52.3 Å². The Hall–Kier alpha value is -1.42. The van der Waals surface area contributed by atoms with Crippen LogP contribution >= 0.6 is 11.8 Å². The molecule has 3 nitrogen and oxygen atoms in total. The Kier molecular flexibility index (Phi) is 3.19. The lowest BCUT2D eigenvalue weighted by Gasteiger charge is -2.08. The lowest BCUT2D eigenvalue weighted by molar-refractivity contribution is -0.136. The van der Waals surface area contributed by atoms with E-state index in [1.165, 1.54) is 24.4 Å². The molecule has 0 aromatic heterocycles. The molecule has 84 valence electrons. The zero-order chi connectivity index (χ0) is 11.5. The molecule has 2 N–H and O–H groups in total. The molecule has 0 amide bonds. The van der Waals surface area contributed by atoms with Crippen LogP contribution in [0.5, 0.6) is 0 Å². The number of benzene rings is 1. The number of carbonyl (C=O) groups is 1. The minimum absolute atomic E-state index is 0.232. The van der Waals surface area contributed by atoms with Crippen LogP contribution in [0.3, 0.4) is 0 Å². The Balaban J connectivity index is 2.15. The summed E-state index contributed by atoms with van der Waals surface area (Å²) in [5, 5.41) is 0.816. The Labute approximate surface area is 98.7 Å². The van der Waals surface area contributed by atoms with Crippen LogP contribution in [0.4, 0.5) is 0 Å². The molecule has 0 fully saturated rings. The van der Waals surface area contributed by atoms with Gasteiger partial charge in [0.15, 0.2) is 0 Å². The summed E-state index contributed by atoms with van der Waals surface area (Å²) >= 11 is 1.53. The highest BCUT2D eigenvalue weighted by molar-refractivity contribution is 8.03. The van der Waals surface area contributed by atoms with Crippen molar-refractivity contribution < 1.29 is 9.53 Å². The zero-order valence-electron chi connectivity index (χ0n) is 8.97. The first-order chi connectivity index (χ1) is 7.72. The van der Waals surface area contributed by atoms with Crippen LogP contribution in [0.15, 0.2) is 40.9 Å². The van der Waals surface area contributed by atoms with Crippen LogP contribution in [0.25, 0.3) is 0 Å². The number of nitrogens with two attached hydrogens (primary N) is 1. The molecule has 0 aliphatic carbocycles. The van der Waals surface area contributed by atoms with E-state index in [4.69, 9.17) is 10.5 Å². The smallest absolute Gasteiger partial charge is 0.336 e. The minimum Gasteiger partial charge on any atom is -0.466 e. The van der Waals surface area contributed by atoms with Gasteiger partial charge in [-0.3, -0.25) is 0 Å². The van der Waals surface area contributed by atoms with Gasteiger partial charge in [-0.25, -0.2) is 4.79 Å². The van der Waals surface area contributed by atoms with Gasteiger partial charge in [0.2, 0.25) is 0 Å². The summed E-state index contributed by atoms with van der Waals surface area (Å²) in [6, 6.07) is 10.0. The lowest BCUT2D eigenvalue weighted by atomic mass is 10.1. The fourth-order valence-electron chi connectivity index (χ4n) is 1.71. The van der Waals surface area contributed by atoms with Gasteiger partial charge in [0.1, 0.15) is 0 Å². The number of hydrogen-bond donors (Lipinski definition) is 1. The van der Waals surface area contributed by atoms with Crippen molar-refractivity contribution in [1.29, 1.82) is 0 Å². The van der Waals surface area contributed by atoms with E-state index in [9.17, 15) is 4.79 Å². The molecular formula is C12H13NO2S. The molecule has 1 atom stereocenters. The highest BCUT2D eigenvalue weighted by atomic mass is 32.2. The van der Waals surface area contributed by atoms with E-state index in [0.717, 1.165) is 0 Å². The van der Waals surface area contributed by atoms with Crippen molar-refractivity contribution >= 4 is 17.7 Å². The number of esters is 1. The fraction of sp³-hybridized carbons (Fsp3) is 0.250. The number of methoxy groups -OCH3 is 1. The van der Waals surface area contributed by atoms with Gasteiger partial charge < -0.3 is 10.5 Å². The van der Waals surface area contributed by atoms with Crippen molar-refractivity contribution in [3.63, 3.8) is 0 Å². The Bertz CT molecular complexity index is 428. The monoisotopic (exact) mass is 235 g/mol. The molecule has 1 aliphatic heterocycles. The second-order valence-corrected chi connectivity index (χ2v) is 4.80. The van der Waals surface area contributed by atoms with E-state index in [1.807, 2.05) is 30.3 Å². The van der Waals surface area contributed by atoms with Crippen LogP contribution in [-0.4, -0.2) is 13.1 Å². The highest BCUT2D eigenvalue weighted by Gasteiger charge is 2.29. The fourth-order valence-corrected chi connectivity index (χ4v) is 2.87. The molecule has 0 saturated carbocycles. The summed E-state index contributed by atoms with van der Waals surface area (Å²) in [7, 11) is 1.38. The maximum Gasteiger partial charge on any atom is 0.336 e. The number of thioether (sulfide) groups is 1. The first-order valence-corrected chi connectivity index (χ1v) is 5.89. The predicted octanol–water partition coefficient (Wildman–Crippen LogP) is 2.21. The first kappa shape index (κ1) is 11.1. The summed E-state index contributed by atoms with van der Waals surface area (Å²) in [5.41, 5.74) is 7.61. The minimum atomic E-state index is -0.316. The van der Waals surface area contributed by atoms with Gasteiger partial charge >= 0.3 is 5.97 Å². The van der Waals surface area contributed by atoms with E-state index in [1.54, 1.807) is 0 Å². The second kappa shape index (κ2) is 4.61. The Morgan fingerprint density at radius 1 is 1.44 bits per heavy atom. The van der Waals surface area contributed by atoms with E-state index in [-0.39, 0.29) is 11.2 Å². The average molecular weight is 235 g/mol. The third kappa shape index (κ3) is 2.07.